The van der Waals surface area contributed by atoms with Crippen molar-refractivity contribution < 1.29 is 15.0 Å². The Morgan fingerprint density at radius 3 is 1.32 bits per heavy atom. The highest BCUT2D eigenvalue weighted by Gasteiger charge is 2.17. The molecule has 0 fully saturated rings. The van der Waals surface area contributed by atoms with Crippen LogP contribution in [-0.4, -0.2) is 34.9 Å². The molecule has 0 bridgehead atoms. The molecule has 0 heterocycles. The predicted molar refractivity (Wildman–Crippen MR) is 193 cm³/mol. The summed E-state index contributed by atoms with van der Waals surface area (Å²) in [5.74, 6) is -0.0826. The third-order valence-electron chi connectivity index (χ3n) is 8.60. The van der Waals surface area contributed by atoms with E-state index in [1.165, 1.54) is 135 Å². The number of aliphatic hydroxyl groups excluding tert-OH is 2. The summed E-state index contributed by atoms with van der Waals surface area (Å²) in [5.41, 5.74) is 0. The van der Waals surface area contributed by atoms with E-state index in [4.69, 9.17) is 0 Å². The highest BCUT2D eigenvalue weighted by molar-refractivity contribution is 5.76. The average Bonchev–Trinajstić information content (AvgIpc) is 3.03. The van der Waals surface area contributed by atoms with Crippen LogP contribution in [0, 0.1) is 0 Å². The molecule has 1 amide bonds. The third kappa shape index (κ3) is 32.0. The number of carbonyl (C=O) groups is 1. The van der Waals surface area contributed by atoms with Crippen LogP contribution in [0.1, 0.15) is 194 Å². The maximum Gasteiger partial charge on any atom is 0.220 e. The molecule has 0 spiro atoms. The van der Waals surface area contributed by atoms with Crippen LogP contribution in [0.3, 0.4) is 0 Å². The topological polar surface area (TPSA) is 69.6 Å². The number of unbranched alkanes of at least 4 members (excludes halogenated alkanes) is 23. The highest BCUT2D eigenvalue weighted by Crippen LogP contribution is 2.14. The van der Waals surface area contributed by atoms with Gasteiger partial charge in [-0.1, -0.05) is 179 Å². The molecule has 0 aromatic carbocycles. The van der Waals surface area contributed by atoms with E-state index in [2.05, 4.69) is 43.5 Å². The van der Waals surface area contributed by atoms with Crippen LogP contribution in [0.5, 0.6) is 0 Å². The summed E-state index contributed by atoms with van der Waals surface area (Å²) in [6, 6.07) is -0.639. The van der Waals surface area contributed by atoms with Gasteiger partial charge in [0.05, 0.1) is 18.8 Å². The monoisotopic (exact) mass is 618 g/mol. The molecule has 44 heavy (non-hydrogen) atoms. The number of carbonyl (C=O) groups excluding carboxylic acids is 1. The van der Waals surface area contributed by atoms with Crippen molar-refractivity contribution in [1.29, 1.82) is 0 Å². The minimum atomic E-state index is -0.865. The summed E-state index contributed by atoms with van der Waals surface area (Å²) in [5, 5.41) is 22.8. The molecular weight excluding hydrogens is 542 g/mol. The lowest BCUT2D eigenvalue weighted by Gasteiger charge is -2.19. The van der Waals surface area contributed by atoms with Crippen molar-refractivity contribution in [2.45, 2.75) is 206 Å². The summed E-state index contributed by atoms with van der Waals surface area (Å²) in [6.45, 7) is 4.26. The van der Waals surface area contributed by atoms with Crippen LogP contribution in [-0.2, 0) is 4.79 Å². The van der Waals surface area contributed by atoms with Gasteiger partial charge in [-0.25, -0.2) is 0 Å². The molecule has 0 saturated heterocycles. The SMILES string of the molecule is CCCCCCCCCCCCCCC/C=C/CC/C=C/CC/C=C/C(O)C(CO)NC(=O)CCCCCCCCCCC. The lowest BCUT2D eigenvalue weighted by Crippen LogP contribution is -2.45. The molecule has 0 saturated carbocycles. The van der Waals surface area contributed by atoms with E-state index in [-0.39, 0.29) is 12.5 Å². The van der Waals surface area contributed by atoms with E-state index in [1.54, 1.807) is 6.08 Å². The normalized spacial score (nSPS) is 13.5. The Morgan fingerprint density at radius 2 is 0.886 bits per heavy atom. The first-order valence-electron chi connectivity index (χ1n) is 19.2. The summed E-state index contributed by atoms with van der Waals surface area (Å²) in [7, 11) is 0. The Hall–Kier alpha value is -1.39. The van der Waals surface area contributed by atoms with Crippen molar-refractivity contribution in [1.82, 2.24) is 5.32 Å². The number of hydrogen-bond donors (Lipinski definition) is 3. The maximum atomic E-state index is 12.2. The van der Waals surface area contributed by atoms with Gasteiger partial charge in [-0.2, -0.15) is 0 Å². The van der Waals surface area contributed by atoms with Crippen molar-refractivity contribution in [2.24, 2.45) is 0 Å². The summed E-state index contributed by atoms with van der Waals surface area (Å²) < 4.78 is 0. The van der Waals surface area contributed by atoms with Crippen molar-refractivity contribution in [3.05, 3.63) is 36.5 Å². The molecule has 0 aliphatic heterocycles. The molecular formula is C40H75NO3. The lowest BCUT2D eigenvalue weighted by atomic mass is 10.0. The minimum Gasteiger partial charge on any atom is -0.394 e. The number of allylic oxidation sites excluding steroid dienone is 5. The summed E-state index contributed by atoms with van der Waals surface area (Å²) >= 11 is 0. The van der Waals surface area contributed by atoms with Gasteiger partial charge in [-0.15, -0.1) is 0 Å². The maximum absolute atomic E-state index is 12.2. The molecule has 0 aliphatic carbocycles. The quantitative estimate of drug-likeness (QED) is 0.0497. The van der Waals surface area contributed by atoms with Crippen LogP contribution in [0.15, 0.2) is 36.5 Å². The minimum absolute atomic E-state index is 0.0826. The third-order valence-corrected chi connectivity index (χ3v) is 8.60. The van der Waals surface area contributed by atoms with Gasteiger partial charge in [0, 0.05) is 6.42 Å². The number of rotatable bonds is 34. The van der Waals surface area contributed by atoms with Crippen LogP contribution < -0.4 is 5.32 Å². The van der Waals surface area contributed by atoms with Gasteiger partial charge in [0.15, 0.2) is 0 Å². The molecule has 4 nitrogen and oxygen atoms in total. The van der Waals surface area contributed by atoms with E-state index in [0.29, 0.717) is 6.42 Å². The molecule has 0 aromatic rings. The van der Waals surface area contributed by atoms with Crippen LogP contribution >= 0.6 is 0 Å². The zero-order chi connectivity index (χ0) is 32.2. The van der Waals surface area contributed by atoms with Crippen LogP contribution in [0.2, 0.25) is 0 Å². The fourth-order valence-electron chi connectivity index (χ4n) is 5.62. The standard InChI is InChI=1S/C40H75NO3/c1-3-5-7-9-11-13-14-15-16-17-18-19-20-21-22-23-24-25-26-28-29-31-33-35-39(43)38(37-42)41-40(44)36-34-32-30-27-12-10-8-6-4-2/h22-23,26,28,33,35,38-39,42-43H,3-21,24-25,27,29-32,34,36-37H2,1-2H3,(H,41,44)/b23-22+,28-26+,35-33+. The Balaban J connectivity index is 3.64. The number of aliphatic hydroxyl groups is 2. The second kappa shape index (κ2) is 36.1. The van der Waals surface area contributed by atoms with E-state index in [0.717, 1.165) is 38.5 Å². The molecule has 2 atom stereocenters. The van der Waals surface area contributed by atoms with Gasteiger partial charge in [-0.3, -0.25) is 4.79 Å². The van der Waals surface area contributed by atoms with Crippen molar-refractivity contribution in [3.8, 4) is 0 Å². The fraction of sp³-hybridized carbons (Fsp3) is 0.825. The molecule has 0 aliphatic rings. The van der Waals surface area contributed by atoms with Crippen molar-refractivity contribution in [2.75, 3.05) is 6.61 Å². The molecule has 0 rings (SSSR count). The first-order chi connectivity index (χ1) is 21.7. The molecule has 0 radical (unpaired) electrons. The van der Waals surface area contributed by atoms with Gasteiger partial charge in [0.1, 0.15) is 0 Å². The fourth-order valence-corrected chi connectivity index (χ4v) is 5.62. The second-order valence-corrected chi connectivity index (χ2v) is 13.0. The largest absolute Gasteiger partial charge is 0.394 e. The Bertz CT molecular complexity index is 672. The molecule has 0 aromatic heterocycles. The molecule has 3 N–H and O–H groups in total. The molecule has 258 valence electrons. The zero-order valence-electron chi connectivity index (χ0n) is 29.4. The predicted octanol–water partition coefficient (Wildman–Crippen LogP) is 11.5. The van der Waals surface area contributed by atoms with Gasteiger partial charge in [0.25, 0.3) is 0 Å². The van der Waals surface area contributed by atoms with E-state index >= 15 is 0 Å². The van der Waals surface area contributed by atoms with Crippen molar-refractivity contribution >= 4 is 5.91 Å². The Labute approximate surface area is 274 Å². The Morgan fingerprint density at radius 1 is 0.523 bits per heavy atom. The summed E-state index contributed by atoms with van der Waals surface area (Å²) in [4.78, 5) is 12.2. The van der Waals surface area contributed by atoms with Crippen LogP contribution in [0.25, 0.3) is 0 Å². The first kappa shape index (κ1) is 42.6. The lowest BCUT2D eigenvalue weighted by molar-refractivity contribution is -0.123. The van der Waals surface area contributed by atoms with E-state index in [9.17, 15) is 15.0 Å². The Kier molecular flexibility index (Phi) is 34.9. The van der Waals surface area contributed by atoms with Crippen LogP contribution in [0.4, 0.5) is 0 Å². The zero-order valence-corrected chi connectivity index (χ0v) is 29.4. The molecule has 4 heteroatoms. The number of hydrogen-bond acceptors (Lipinski definition) is 3. The number of amides is 1. The van der Waals surface area contributed by atoms with Crippen molar-refractivity contribution in [3.63, 3.8) is 0 Å². The van der Waals surface area contributed by atoms with Gasteiger partial charge < -0.3 is 15.5 Å². The smallest absolute Gasteiger partial charge is 0.220 e. The first-order valence-corrected chi connectivity index (χ1v) is 19.2. The summed E-state index contributed by atoms with van der Waals surface area (Å²) in [6.07, 6.45) is 46.8. The van der Waals surface area contributed by atoms with Gasteiger partial charge in [0.2, 0.25) is 5.91 Å². The van der Waals surface area contributed by atoms with Gasteiger partial charge >= 0.3 is 0 Å². The number of nitrogens with one attached hydrogen (secondary N) is 1. The second-order valence-electron chi connectivity index (χ2n) is 13.0. The van der Waals surface area contributed by atoms with E-state index < -0.39 is 12.1 Å². The highest BCUT2D eigenvalue weighted by atomic mass is 16.3. The van der Waals surface area contributed by atoms with E-state index in [1.807, 2.05) is 6.08 Å². The van der Waals surface area contributed by atoms with Gasteiger partial charge in [-0.05, 0) is 44.9 Å². The molecule has 2 unspecified atom stereocenters. The average molecular weight is 618 g/mol.